The van der Waals surface area contributed by atoms with Crippen molar-refractivity contribution in [2.75, 3.05) is 0 Å². The van der Waals surface area contributed by atoms with Gasteiger partial charge in [-0.3, -0.25) is 9.78 Å². The Kier molecular flexibility index (Phi) is 5.45. The Morgan fingerprint density at radius 2 is 1.84 bits per heavy atom. The number of hydrogen-bond acceptors (Lipinski definition) is 5. The number of amides is 1. The van der Waals surface area contributed by atoms with Crippen molar-refractivity contribution in [3.8, 4) is 0 Å². The minimum Gasteiger partial charge on any atom is -0.360 e. The molecule has 1 fully saturated rings. The second-order valence-corrected chi connectivity index (χ2v) is 7.67. The summed E-state index contributed by atoms with van der Waals surface area (Å²) in [5, 5.41) is 0. The standard InChI is InChI=1S/C18H20N2O4S/c21-18(20-25(22,23)16-11-6-12-19-13-16)17(14-7-2-1-3-8-14)24-15-9-4-5-10-15/h1-3,6-8,11-13,15,17H,4-5,9-10H2,(H,20,21). The Morgan fingerprint density at radius 1 is 1.12 bits per heavy atom. The van der Waals surface area contributed by atoms with E-state index < -0.39 is 22.0 Å². The molecule has 132 valence electrons. The molecule has 1 unspecified atom stereocenters. The lowest BCUT2D eigenvalue weighted by atomic mass is 10.1. The highest BCUT2D eigenvalue weighted by atomic mass is 32.2. The van der Waals surface area contributed by atoms with Crippen LogP contribution in [-0.2, 0) is 19.6 Å². The number of carbonyl (C=O) groups excluding carboxylic acids is 1. The van der Waals surface area contributed by atoms with Crippen LogP contribution >= 0.6 is 0 Å². The molecule has 1 aliphatic carbocycles. The lowest BCUT2D eigenvalue weighted by molar-refractivity contribution is -0.135. The molecule has 0 saturated heterocycles. The van der Waals surface area contributed by atoms with Crippen LogP contribution in [0.25, 0.3) is 0 Å². The van der Waals surface area contributed by atoms with E-state index in [-0.39, 0.29) is 11.0 Å². The van der Waals surface area contributed by atoms with E-state index in [0.717, 1.165) is 25.7 Å². The number of sulfonamides is 1. The number of rotatable bonds is 6. The van der Waals surface area contributed by atoms with Gasteiger partial charge in [-0.05, 0) is 30.5 Å². The maximum atomic E-state index is 12.7. The van der Waals surface area contributed by atoms with Gasteiger partial charge in [-0.1, -0.05) is 43.2 Å². The number of nitrogens with one attached hydrogen (secondary N) is 1. The summed E-state index contributed by atoms with van der Waals surface area (Å²) in [5.74, 6) is -0.693. The number of hydrogen-bond donors (Lipinski definition) is 1. The maximum absolute atomic E-state index is 12.7. The molecule has 1 N–H and O–H groups in total. The zero-order chi connectivity index (χ0) is 17.7. The molecular weight excluding hydrogens is 340 g/mol. The highest BCUT2D eigenvalue weighted by Crippen LogP contribution is 2.28. The van der Waals surface area contributed by atoms with Crippen molar-refractivity contribution in [2.24, 2.45) is 0 Å². The zero-order valence-corrected chi connectivity index (χ0v) is 14.5. The minimum absolute atomic E-state index is 0.0305. The van der Waals surface area contributed by atoms with Crippen LogP contribution in [0.15, 0.2) is 59.8 Å². The van der Waals surface area contributed by atoms with Crippen molar-refractivity contribution in [2.45, 2.75) is 42.8 Å². The maximum Gasteiger partial charge on any atom is 0.267 e. The molecule has 1 saturated carbocycles. The van der Waals surface area contributed by atoms with Gasteiger partial charge < -0.3 is 4.74 Å². The average Bonchev–Trinajstić information content (AvgIpc) is 3.14. The van der Waals surface area contributed by atoms with E-state index in [0.29, 0.717) is 5.56 Å². The average molecular weight is 360 g/mol. The molecule has 6 nitrogen and oxygen atoms in total. The van der Waals surface area contributed by atoms with Gasteiger partial charge in [0, 0.05) is 12.4 Å². The number of benzene rings is 1. The Hall–Kier alpha value is -2.25. The number of nitrogens with zero attached hydrogens (tertiary/aromatic N) is 1. The molecule has 3 rings (SSSR count). The fraction of sp³-hybridized carbons (Fsp3) is 0.333. The summed E-state index contributed by atoms with van der Waals surface area (Å²) in [5.41, 5.74) is 0.633. The van der Waals surface area contributed by atoms with Gasteiger partial charge in [0.2, 0.25) is 0 Å². The van der Waals surface area contributed by atoms with Crippen LogP contribution in [0.3, 0.4) is 0 Å². The second kappa shape index (κ2) is 7.76. The predicted octanol–water partition coefficient (Wildman–Crippen LogP) is 2.59. The SMILES string of the molecule is O=C(NS(=O)(=O)c1cccnc1)C(OC1CCCC1)c1ccccc1. The van der Waals surface area contributed by atoms with Gasteiger partial charge in [0.15, 0.2) is 6.10 Å². The van der Waals surface area contributed by atoms with E-state index in [1.54, 1.807) is 24.3 Å². The van der Waals surface area contributed by atoms with Crippen LogP contribution in [0.1, 0.15) is 37.4 Å². The predicted molar refractivity (Wildman–Crippen MR) is 92.1 cm³/mol. The number of carbonyl (C=O) groups is 1. The quantitative estimate of drug-likeness (QED) is 0.856. The first-order valence-corrected chi connectivity index (χ1v) is 9.72. The molecule has 1 aliphatic rings. The molecule has 1 aromatic heterocycles. The second-order valence-electron chi connectivity index (χ2n) is 5.99. The number of ether oxygens (including phenoxy) is 1. The fourth-order valence-corrected chi connectivity index (χ4v) is 3.83. The van der Waals surface area contributed by atoms with Crippen LogP contribution in [0, 0.1) is 0 Å². The van der Waals surface area contributed by atoms with Gasteiger partial charge in [-0.25, -0.2) is 13.1 Å². The summed E-state index contributed by atoms with van der Waals surface area (Å²) in [6.07, 6.45) is 5.55. The van der Waals surface area contributed by atoms with E-state index in [9.17, 15) is 13.2 Å². The Labute approximate surface area is 147 Å². The summed E-state index contributed by atoms with van der Waals surface area (Å²) in [4.78, 5) is 16.4. The summed E-state index contributed by atoms with van der Waals surface area (Å²) in [6, 6.07) is 11.8. The number of aromatic nitrogens is 1. The summed E-state index contributed by atoms with van der Waals surface area (Å²) in [6.45, 7) is 0. The molecule has 0 aliphatic heterocycles. The Balaban J connectivity index is 1.81. The van der Waals surface area contributed by atoms with E-state index in [2.05, 4.69) is 9.71 Å². The van der Waals surface area contributed by atoms with E-state index in [1.807, 2.05) is 6.07 Å². The van der Waals surface area contributed by atoms with Crippen LogP contribution in [0.5, 0.6) is 0 Å². The molecule has 0 radical (unpaired) electrons. The lowest BCUT2D eigenvalue weighted by Crippen LogP contribution is -2.36. The van der Waals surface area contributed by atoms with E-state index >= 15 is 0 Å². The summed E-state index contributed by atoms with van der Waals surface area (Å²) >= 11 is 0. The molecule has 7 heteroatoms. The Bertz CT molecular complexity index is 803. The summed E-state index contributed by atoms with van der Waals surface area (Å²) < 4.78 is 32.8. The van der Waals surface area contributed by atoms with Crippen LogP contribution in [-0.4, -0.2) is 25.4 Å². The van der Waals surface area contributed by atoms with E-state index in [4.69, 9.17) is 4.74 Å². The van der Waals surface area contributed by atoms with Crippen molar-refractivity contribution in [3.63, 3.8) is 0 Å². The van der Waals surface area contributed by atoms with Crippen molar-refractivity contribution in [1.29, 1.82) is 0 Å². The highest BCUT2D eigenvalue weighted by molar-refractivity contribution is 7.90. The molecule has 0 spiro atoms. The third-order valence-electron chi connectivity index (χ3n) is 4.15. The van der Waals surface area contributed by atoms with Gasteiger partial charge in [-0.15, -0.1) is 0 Å². The van der Waals surface area contributed by atoms with Gasteiger partial charge in [0.25, 0.3) is 15.9 Å². The van der Waals surface area contributed by atoms with Gasteiger partial charge in [0.05, 0.1) is 6.10 Å². The van der Waals surface area contributed by atoms with Gasteiger partial charge >= 0.3 is 0 Å². The molecular formula is C18H20N2O4S. The lowest BCUT2D eigenvalue weighted by Gasteiger charge is -2.22. The minimum atomic E-state index is -3.99. The molecule has 0 bridgehead atoms. The molecule has 1 heterocycles. The zero-order valence-electron chi connectivity index (χ0n) is 13.7. The third kappa shape index (κ3) is 4.43. The molecule has 1 aromatic carbocycles. The van der Waals surface area contributed by atoms with Crippen molar-refractivity contribution in [1.82, 2.24) is 9.71 Å². The largest absolute Gasteiger partial charge is 0.360 e. The first-order chi connectivity index (χ1) is 12.1. The highest BCUT2D eigenvalue weighted by Gasteiger charge is 2.30. The first-order valence-electron chi connectivity index (χ1n) is 8.23. The molecule has 1 atom stereocenters. The van der Waals surface area contributed by atoms with Crippen molar-refractivity contribution in [3.05, 3.63) is 60.4 Å². The van der Waals surface area contributed by atoms with Gasteiger partial charge in [-0.2, -0.15) is 0 Å². The fourth-order valence-electron chi connectivity index (χ4n) is 2.89. The van der Waals surface area contributed by atoms with Gasteiger partial charge in [0.1, 0.15) is 4.90 Å². The van der Waals surface area contributed by atoms with Crippen LogP contribution < -0.4 is 4.72 Å². The monoisotopic (exact) mass is 360 g/mol. The normalized spacial score (nSPS) is 16.5. The molecule has 2 aromatic rings. The third-order valence-corrected chi connectivity index (χ3v) is 5.48. The first kappa shape index (κ1) is 17.6. The van der Waals surface area contributed by atoms with E-state index in [1.165, 1.54) is 24.5 Å². The number of pyridine rings is 1. The van der Waals surface area contributed by atoms with Crippen LogP contribution in [0.2, 0.25) is 0 Å². The Morgan fingerprint density at radius 3 is 2.48 bits per heavy atom. The molecule has 25 heavy (non-hydrogen) atoms. The van der Waals surface area contributed by atoms with Crippen LogP contribution in [0.4, 0.5) is 0 Å². The smallest absolute Gasteiger partial charge is 0.267 e. The molecule has 1 amide bonds. The topological polar surface area (TPSA) is 85.4 Å². The summed E-state index contributed by atoms with van der Waals surface area (Å²) in [7, 11) is -3.99. The van der Waals surface area contributed by atoms with Crippen molar-refractivity contribution >= 4 is 15.9 Å². The van der Waals surface area contributed by atoms with Crippen molar-refractivity contribution < 1.29 is 17.9 Å².